The second-order valence-electron chi connectivity index (χ2n) is 5.99. The zero-order valence-electron chi connectivity index (χ0n) is 13.7. The minimum atomic E-state index is -0.623. The summed E-state index contributed by atoms with van der Waals surface area (Å²) >= 11 is 0. The molecule has 0 radical (unpaired) electrons. The normalized spacial score (nSPS) is 20.4. The molecular formula is C17H21N5O3. The van der Waals surface area contributed by atoms with Crippen LogP contribution in [0.5, 0.6) is 0 Å². The largest absolute Gasteiger partial charge is 0.368 e. The van der Waals surface area contributed by atoms with Crippen LogP contribution in [0.2, 0.25) is 0 Å². The first kappa shape index (κ1) is 17.1. The van der Waals surface area contributed by atoms with Crippen molar-refractivity contribution in [2.24, 2.45) is 5.73 Å². The minimum absolute atomic E-state index is 0.0771. The van der Waals surface area contributed by atoms with Crippen LogP contribution >= 0.6 is 0 Å². The van der Waals surface area contributed by atoms with Crippen LogP contribution in [-0.2, 0) is 16.2 Å². The van der Waals surface area contributed by atoms with Gasteiger partial charge in [0.15, 0.2) is 0 Å². The molecule has 2 atom stereocenters. The second kappa shape index (κ2) is 7.91. The Bertz CT molecular complexity index is 704. The Hall–Kier alpha value is -2.71. The van der Waals surface area contributed by atoms with Crippen LogP contribution in [0.1, 0.15) is 18.4 Å². The monoisotopic (exact) mass is 343 g/mol. The van der Waals surface area contributed by atoms with E-state index in [1.54, 1.807) is 6.20 Å². The number of rotatable bonds is 5. The van der Waals surface area contributed by atoms with Gasteiger partial charge in [-0.15, -0.1) is 0 Å². The average Bonchev–Trinajstić information content (AvgIpc) is 3.16. The van der Waals surface area contributed by atoms with Crippen molar-refractivity contribution in [2.75, 3.05) is 6.54 Å². The second-order valence-corrected chi connectivity index (χ2v) is 5.99. The van der Waals surface area contributed by atoms with Crippen LogP contribution in [0.25, 0.3) is 0 Å². The van der Waals surface area contributed by atoms with Gasteiger partial charge in [0.25, 0.3) is 0 Å². The van der Waals surface area contributed by atoms with Crippen LogP contribution in [0.3, 0.4) is 0 Å². The maximum Gasteiger partial charge on any atom is 0.330 e. The molecule has 8 nitrogen and oxygen atoms in total. The molecule has 3 rings (SSSR count). The van der Waals surface area contributed by atoms with Gasteiger partial charge in [-0.3, -0.25) is 14.2 Å². The van der Waals surface area contributed by atoms with Crippen molar-refractivity contribution in [1.29, 1.82) is 0 Å². The highest BCUT2D eigenvalue weighted by molar-refractivity contribution is 5.87. The van der Waals surface area contributed by atoms with Crippen molar-refractivity contribution < 1.29 is 14.4 Å². The minimum Gasteiger partial charge on any atom is -0.368 e. The van der Waals surface area contributed by atoms with E-state index in [4.69, 9.17) is 10.6 Å². The molecule has 1 aromatic heterocycles. The van der Waals surface area contributed by atoms with Crippen molar-refractivity contribution >= 4 is 11.9 Å². The van der Waals surface area contributed by atoms with E-state index in [2.05, 4.69) is 10.5 Å². The number of aromatic nitrogens is 2. The topological polar surface area (TPSA) is 102 Å². The maximum atomic E-state index is 12.6. The van der Waals surface area contributed by atoms with E-state index in [-0.39, 0.29) is 12.1 Å². The molecule has 2 aromatic rings. The third kappa shape index (κ3) is 4.23. The van der Waals surface area contributed by atoms with Crippen LogP contribution in [-0.4, -0.2) is 45.0 Å². The Morgan fingerprint density at radius 3 is 2.76 bits per heavy atom. The Morgan fingerprint density at radius 1 is 1.28 bits per heavy atom. The summed E-state index contributed by atoms with van der Waals surface area (Å²) in [7, 11) is 0. The summed E-state index contributed by atoms with van der Waals surface area (Å²) in [6, 6.07) is 8.76. The molecule has 1 aliphatic rings. The molecule has 1 aliphatic heterocycles. The van der Waals surface area contributed by atoms with E-state index >= 15 is 0 Å². The number of hydrogen-bond acceptors (Lipinski definition) is 5. The number of piperidine rings is 1. The molecule has 1 fully saturated rings. The molecule has 1 aromatic carbocycles. The van der Waals surface area contributed by atoms with Crippen LogP contribution in [0, 0.1) is 0 Å². The van der Waals surface area contributed by atoms with Crippen molar-refractivity contribution in [3.05, 3.63) is 54.6 Å². The predicted octanol–water partition coefficient (Wildman–Crippen LogP) is 0.891. The van der Waals surface area contributed by atoms with Gasteiger partial charge in [0.1, 0.15) is 12.4 Å². The van der Waals surface area contributed by atoms with Crippen LogP contribution in [0.15, 0.2) is 49.1 Å². The summed E-state index contributed by atoms with van der Waals surface area (Å²) in [6.45, 7) is 0.755. The van der Waals surface area contributed by atoms with Crippen molar-refractivity contribution in [1.82, 2.24) is 19.9 Å². The van der Waals surface area contributed by atoms with E-state index < -0.39 is 11.9 Å². The lowest BCUT2D eigenvalue weighted by Gasteiger charge is -2.37. The van der Waals surface area contributed by atoms with Crippen LogP contribution < -0.4 is 11.2 Å². The number of nitrogens with two attached hydrogens (primary N) is 1. The molecule has 8 heteroatoms. The highest BCUT2D eigenvalue weighted by atomic mass is 16.6. The number of nitrogens with one attached hydrogen (secondary N) is 1. The number of benzene rings is 1. The van der Waals surface area contributed by atoms with Gasteiger partial charge in [0.05, 0.1) is 6.61 Å². The molecule has 25 heavy (non-hydrogen) atoms. The van der Waals surface area contributed by atoms with Gasteiger partial charge in [-0.05, 0) is 18.4 Å². The SMILES string of the molecule is NC(=O)[C@@H]1CC[C@@H](NOCc2ccccc2)CN1C(=O)n1ccnc1. The summed E-state index contributed by atoms with van der Waals surface area (Å²) in [4.78, 5) is 35.2. The number of carbonyl (C=O) groups is 2. The van der Waals surface area contributed by atoms with Gasteiger partial charge in [0, 0.05) is 25.0 Å². The number of primary amides is 1. The summed E-state index contributed by atoms with van der Waals surface area (Å²) in [6.07, 6.45) is 5.64. The number of hydroxylamine groups is 1. The molecule has 0 spiro atoms. The van der Waals surface area contributed by atoms with Crippen molar-refractivity contribution in [3.8, 4) is 0 Å². The third-order valence-electron chi connectivity index (χ3n) is 4.21. The fourth-order valence-electron chi connectivity index (χ4n) is 2.91. The lowest BCUT2D eigenvalue weighted by atomic mass is 9.98. The molecule has 132 valence electrons. The zero-order valence-corrected chi connectivity index (χ0v) is 13.7. The number of carbonyl (C=O) groups excluding carboxylic acids is 2. The summed E-state index contributed by atoms with van der Waals surface area (Å²) in [5.74, 6) is -0.503. The molecule has 3 N–H and O–H groups in total. The van der Waals surface area contributed by atoms with E-state index in [0.29, 0.717) is 26.0 Å². The standard InChI is InChI=1S/C17H21N5O3/c18-16(23)15-7-6-14(20-25-11-13-4-2-1-3-5-13)10-22(15)17(24)21-9-8-19-12-21/h1-5,8-9,12,14-15,20H,6-7,10-11H2,(H2,18,23)/t14-,15+/m1/s1. The number of imidazole rings is 1. The van der Waals surface area contributed by atoms with Gasteiger partial charge in [0.2, 0.25) is 5.91 Å². The highest BCUT2D eigenvalue weighted by Gasteiger charge is 2.35. The predicted molar refractivity (Wildman–Crippen MR) is 90.1 cm³/mol. The van der Waals surface area contributed by atoms with Crippen LogP contribution in [0.4, 0.5) is 4.79 Å². The van der Waals surface area contributed by atoms with Gasteiger partial charge in [-0.25, -0.2) is 9.78 Å². The number of nitrogens with zero attached hydrogens (tertiary/aromatic N) is 3. The van der Waals surface area contributed by atoms with Gasteiger partial charge >= 0.3 is 6.03 Å². The first-order valence-corrected chi connectivity index (χ1v) is 8.14. The number of amides is 2. The smallest absolute Gasteiger partial charge is 0.330 e. The molecule has 0 aliphatic carbocycles. The van der Waals surface area contributed by atoms with Crippen molar-refractivity contribution in [2.45, 2.75) is 31.5 Å². The van der Waals surface area contributed by atoms with Gasteiger partial charge < -0.3 is 10.6 Å². The zero-order chi connectivity index (χ0) is 17.6. The van der Waals surface area contributed by atoms with E-state index in [1.807, 2.05) is 30.3 Å². The highest BCUT2D eigenvalue weighted by Crippen LogP contribution is 2.19. The van der Waals surface area contributed by atoms with E-state index in [0.717, 1.165) is 5.56 Å². The van der Waals surface area contributed by atoms with Gasteiger partial charge in [-0.1, -0.05) is 30.3 Å². The van der Waals surface area contributed by atoms with E-state index in [9.17, 15) is 9.59 Å². The summed E-state index contributed by atoms with van der Waals surface area (Å²) < 4.78 is 1.34. The Balaban J connectivity index is 1.60. The maximum absolute atomic E-state index is 12.6. The van der Waals surface area contributed by atoms with Gasteiger partial charge in [-0.2, -0.15) is 5.48 Å². The lowest BCUT2D eigenvalue weighted by molar-refractivity contribution is -0.124. The number of hydrogen-bond donors (Lipinski definition) is 2. The molecule has 2 amide bonds. The molecule has 0 unspecified atom stereocenters. The van der Waals surface area contributed by atoms with E-state index in [1.165, 1.54) is 22.0 Å². The molecule has 1 saturated heterocycles. The average molecular weight is 343 g/mol. The summed E-state index contributed by atoms with van der Waals surface area (Å²) in [5, 5.41) is 0. The Kier molecular flexibility index (Phi) is 5.42. The Labute approximate surface area is 145 Å². The molecule has 2 heterocycles. The first-order chi connectivity index (χ1) is 12.1. The molecule has 0 bridgehead atoms. The Morgan fingerprint density at radius 2 is 2.08 bits per heavy atom. The molecule has 0 saturated carbocycles. The van der Waals surface area contributed by atoms with Crippen molar-refractivity contribution in [3.63, 3.8) is 0 Å². The fourth-order valence-corrected chi connectivity index (χ4v) is 2.91. The fraction of sp³-hybridized carbons (Fsp3) is 0.353. The molecular weight excluding hydrogens is 322 g/mol. The third-order valence-corrected chi connectivity index (χ3v) is 4.21. The lowest BCUT2D eigenvalue weighted by Crippen LogP contribution is -2.57. The quantitative estimate of drug-likeness (QED) is 0.785. The first-order valence-electron chi connectivity index (χ1n) is 8.14. The number of likely N-dealkylation sites (tertiary alicyclic amines) is 1. The summed E-state index contributed by atoms with van der Waals surface area (Å²) in [5.41, 5.74) is 9.50.